The Morgan fingerprint density at radius 3 is 2.64 bits per heavy atom. The Labute approximate surface area is 151 Å². The average Bonchev–Trinajstić information content (AvgIpc) is 2.87. The number of anilines is 1. The second kappa shape index (κ2) is 5.89. The van der Waals surface area contributed by atoms with Crippen LogP contribution in [0.2, 0.25) is 0 Å². The number of fused-ring (bicyclic) bond motifs is 1. The highest BCUT2D eigenvalue weighted by molar-refractivity contribution is 7.80. The topological polar surface area (TPSA) is 81.8 Å². The molecule has 2 heterocycles. The van der Waals surface area contributed by atoms with Gasteiger partial charge in [-0.05, 0) is 51.5 Å². The largest absolute Gasteiger partial charge is 0.324 e. The van der Waals surface area contributed by atoms with Gasteiger partial charge in [-0.3, -0.25) is 19.7 Å². The van der Waals surface area contributed by atoms with Crippen molar-refractivity contribution < 1.29 is 14.4 Å². The number of hydrogen-bond donors (Lipinski definition) is 2. The number of carbonyl (C=O) groups excluding carboxylic acids is 3. The summed E-state index contributed by atoms with van der Waals surface area (Å²) in [5.74, 6) is -0.986. The average molecular weight is 360 g/mol. The molecule has 7 nitrogen and oxygen atoms in total. The fraction of sp³-hybridized carbons (Fsp3) is 0.412. The molecule has 1 aromatic carbocycles. The first-order valence-electron chi connectivity index (χ1n) is 7.98. The third-order valence-electron chi connectivity index (χ3n) is 4.60. The molecule has 0 bridgehead atoms. The lowest BCUT2D eigenvalue weighted by molar-refractivity contribution is -0.154. The maximum Gasteiger partial charge on any atom is 0.248 e. The molecule has 8 heteroatoms. The molecule has 2 aliphatic rings. The normalized spacial score (nSPS) is 22.6. The molecule has 132 valence electrons. The monoisotopic (exact) mass is 360 g/mol. The van der Waals surface area contributed by atoms with E-state index in [1.807, 2.05) is 32.0 Å². The summed E-state index contributed by atoms with van der Waals surface area (Å²) in [6.45, 7) is 7.20. The standard InChI is InChI=1S/C17H20N4O3S/c1-9-5-6-11(10(2)7-9)18-14(23)12-8-13(22)20-16(25)19-15(24)17(3,4)21(12)20/h5-7,12H,8H2,1-4H3,(H,18,23)(H,19,24,25)/t12-/m0/s1. The van der Waals surface area contributed by atoms with Crippen molar-refractivity contribution in [3.63, 3.8) is 0 Å². The number of hydrazine groups is 1. The molecule has 25 heavy (non-hydrogen) atoms. The Morgan fingerprint density at radius 2 is 2.00 bits per heavy atom. The van der Waals surface area contributed by atoms with E-state index in [0.717, 1.165) is 11.1 Å². The van der Waals surface area contributed by atoms with Gasteiger partial charge in [0.25, 0.3) is 0 Å². The van der Waals surface area contributed by atoms with Gasteiger partial charge < -0.3 is 5.32 Å². The SMILES string of the molecule is Cc1ccc(NC(=O)[C@@H]2CC(=O)N3C(=S)NC(=O)C(C)(C)N23)c(C)c1. The van der Waals surface area contributed by atoms with E-state index in [-0.39, 0.29) is 29.3 Å². The number of nitrogens with zero attached hydrogens (tertiary/aromatic N) is 2. The van der Waals surface area contributed by atoms with Crippen LogP contribution in [0.1, 0.15) is 31.4 Å². The van der Waals surface area contributed by atoms with E-state index in [4.69, 9.17) is 12.2 Å². The van der Waals surface area contributed by atoms with Crippen LogP contribution < -0.4 is 10.6 Å². The van der Waals surface area contributed by atoms with Gasteiger partial charge in [-0.25, -0.2) is 5.01 Å². The minimum atomic E-state index is -1.07. The lowest BCUT2D eigenvalue weighted by Gasteiger charge is -2.45. The number of thiocarbonyl (C=S) groups is 1. The van der Waals surface area contributed by atoms with Crippen LogP contribution in [0.15, 0.2) is 18.2 Å². The van der Waals surface area contributed by atoms with Crippen LogP contribution in [0.4, 0.5) is 5.69 Å². The van der Waals surface area contributed by atoms with Gasteiger partial charge in [0.15, 0.2) is 5.11 Å². The first kappa shape index (κ1) is 17.5. The van der Waals surface area contributed by atoms with Gasteiger partial charge >= 0.3 is 0 Å². The highest BCUT2D eigenvalue weighted by Gasteiger charge is 2.56. The van der Waals surface area contributed by atoms with Gasteiger partial charge in [0.1, 0.15) is 11.6 Å². The van der Waals surface area contributed by atoms with E-state index in [2.05, 4.69) is 10.6 Å². The Kier molecular flexibility index (Phi) is 4.12. The summed E-state index contributed by atoms with van der Waals surface area (Å²) in [6, 6.07) is 4.90. The van der Waals surface area contributed by atoms with E-state index in [9.17, 15) is 14.4 Å². The number of rotatable bonds is 2. The number of nitrogens with one attached hydrogen (secondary N) is 2. The minimum Gasteiger partial charge on any atom is -0.324 e. The molecule has 3 rings (SSSR count). The van der Waals surface area contributed by atoms with Crippen LogP contribution in [0.3, 0.4) is 0 Å². The summed E-state index contributed by atoms with van der Waals surface area (Å²) in [5.41, 5.74) is 1.64. The zero-order valence-electron chi connectivity index (χ0n) is 14.5. The Bertz CT molecular complexity index is 805. The Morgan fingerprint density at radius 1 is 1.32 bits per heavy atom. The second-order valence-electron chi connectivity index (χ2n) is 6.90. The highest BCUT2D eigenvalue weighted by atomic mass is 32.1. The molecule has 0 aromatic heterocycles. The summed E-state index contributed by atoms with van der Waals surface area (Å²) in [7, 11) is 0. The van der Waals surface area contributed by atoms with E-state index < -0.39 is 11.6 Å². The van der Waals surface area contributed by atoms with Crippen molar-refractivity contribution in [1.82, 2.24) is 15.3 Å². The van der Waals surface area contributed by atoms with Crippen molar-refractivity contribution in [2.45, 2.75) is 45.7 Å². The third-order valence-corrected chi connectivity index (χ3v) is 4.87. The molecule has 1 aromatic rings. The van der Waals surface area contributed by atoms with Gasteiger partial charge in [0, 0.05) is 5.69 Å². The molecule has 2 saturated heterocycles. The lowest BCUT2D eigenvalue weighted by Crippen LogP contribution is -2.71. The summed E-state index contributed by atoms with van der Waals surface area (Å²) in [5, 5.41) is 8.10. The minimum absolute atomic E-state index is 0.0103. The number of benzene rings is 1. The fourth-order valence-corrected chi connectivity index (χ4v) is 3.51. The molecule has 0 radical (unpaired) electrons. The lowest BCUT2D eigenvalue weighted by atomic mass is 10.00. The predicted molar refractivity (Wildman–Crippen MR) is 96.5 cm³/mol. The maximum atomic E-state index is 12.8. The van der Waals surface area contributed by atoms with Crippen LogP contribution in [0, 0.1) is 13.8 Å². The Balaban J connectivity index is 1.91. The van der Waals surface area contributed by atoms with Crippen LogP contribution >= 0.6 is 12.2 Å². The van der Waals surface area contributed by atoms with Crippen molar-refractivity contribution in [2.24, 2.45) is 0 Å². The van der Waals surface area contributed by atoms with E-state index in [1.165, 1.54) is 10.0 Å². The molecular weight excluding hydrogens is 340 g/mol. The van der Waals surface area contributed by atoms with Crippen molar-refractivity contribution >= 4 is 40.7 Å². The molecule has 0 saturated carbocycles. The molecule has 2 fully saturated rings. The van der Waals surface area contributed by atoms with E-state index in [1.54, 1.807) is 13.8 Å². The summed E-state index contributed by atoms with van der Waals surface area (Å²) < 4.78 is 0. The van der Waals surface area contributed by atoms with Gasteiger partial charge in [-0.2, -0.15) is 5.01 Å². The molecule has 1 atom stereocenters. The van der Waals surface area contributed by atoms with Gasteiger partial charge in [-0.1, -0.05) is 17.7 Å². The van der Waals surface area contributed by atoms with Crippen LogP contribution in [0.25, 0.3) is 0 Å². The maximum absolute atomic E-state index is 12.8. The molecule has 0 unspecified atom stereocenters. The van der Waals surface area contributed by atoms with E-state index in [0.29, 0.717) is 5.69 Å². The zero-order chi connectivity index (χ0) is 18.5. The first-order chi connectivity index (χ1) is 11.6. The van der Waals surface area contributed by atoms with Crippen molar-refractivity contribution in [1.29, 1.82) is 0 Å². The number of aryl methyl sites for hydroxylation is 2. The molecule has 2 N–H and O–H groups in total. The molecular formula is C17H20N4O3S. The van der Waals surface area contributed by atoms with Crippen molar-refractivity contribution in [2.75, 3.05) is 5.32 Å². The van der Waals surface area contributed by atoms with Crippen molar-refractivity contribution in [3.8, 4) is 0 Å². The smallest absolute Gasteiger partial charge is 0.248 e. The third kappa shape index (κ3) is 2.81. The number of carbonyl (C=O) groups is 3. The number of amides is 3. The van der Waals surface area contributed by atoms with Crippen LogP contribution in [0.5, 0.6) is 0 Å². The summed E-state index contributed by atoms with van der Waals surface area (Å²) in [4.78, 5) is 37.5. The first-order valence-corrected chi connectivity index (χ1v) is 8.39. The van der Waals surface area contributed by atoms with Gasteiger partial charge in [0.2, 0.25) is 17.7 Å². The zero-order valence-corrected chi connectivity index (χ0v) is 15.4. The fourth-order valence-electron chi connectivity index (χ4n) is 3.23. The second-order valence-corrected chi connectivity index (χ2v) is 7.28. The van der Waals surface area contributed by atoms with Crippen LogP contribution in [-0.2, 0) is 14.4 Å². The molecule has 0 aliphatic carbocycles. The predicted octanol–water partition coefficient (Wildman–Crippen LogP) is 1.25. The number of hydrogen-bond acceptors (Lipinski definition) is 5. The molecule has 0 spiro atoms. The van der Waals surface area contributed by atoms with Gasteiger partial charge in [-0.15, -0.1) is 0 Å². The summed E-state index contributed by atoms with van der Waals surface area (Å²) in [6.07, 6.45) is -0.0325. The van der Waals surface area contributed by atoms with Gasteiger partial charge in [0.05, 0.1) is 6.42 Å². The molecule has 2 aliphatic heterocycles. The summed E-state index contributed by atoms with van der Waals surface area (Å²) >= 11 is 5.10. The highest BCUT2D eigenvalue weighted by Crippen LogP contribution is 2.33. The quantitative estimate of drug-likeness (QED) is 0.776. The van der Waals surface area contributed by atoms with Crippen molar-refractivity contribution in [3.05, 3.63) is 29.3 Å². The molecule has 3 amide bonds. The van der Waals surface area contributed by atoms with E-state index >= 15 is 0 Å². The Hall–Kier alpha value is -2.32. The van der Waals surface area contributed by atoms with Crippen LogP contribution in [-0.4, -0.2) is 44.4 Å².